The third kappa shape index (κ3) is 2.52. The van der Waals surface area contributed by atoms with Crippen molar-refractivity contribution in [2.75, 3.05) is 5.32 Å². The highest BCUT2D eigenvalue weighted by Crippen LogP contribution is 2.31. The Labute approximate surface area is 125 Å². The van der Waals surface area contributed by atoms with Gasteiger partial charge in [-0.25, -0.2) is 4.98 Å². The Hall–Kier alpha value is -2.28. The van der Waals surface area contributed by atoms with Gasteiger partial charge in [0.05, 0.1) is 10.6 Å². The van der Waals surface area contributed by atoms with Crippen LogP contribution in [-0.4, -0.2) is 15.8 Å². The summed E-state index contributed by atoms with van der Waals surface area (Å²) in [4.78, 5) is 28.3. The molecular formula is C14H13N3O3S. The SMILES string of the molecule is Cc1c(C(=O)Nc2nc3c(s2)CCC3)cccc1[N+](=O)[O-]. The summed E-state index contributed by atoms with van der Waals surface area (Å²) in [6.07, 6.45) is 3.09. The van der Waals surface area contributed by atoms with Gasteiger partial charge in [-0.3, -0.25) is 20.2 Å². The lowest BCUT2D eigenvalue weighted by molar-refractivity contribution is -0.385. The van der Waals surface area contributed by atoms with Gasteiger partial charge < -0.3 is 0 Å². The van der Waals surface area contributed by atoms with Crippen LogP contribution in [0.2, 0.25) is 0 Å². The molecule has 0 saturated heterocycles. The highest BCUT2D eigenvalue weighted by Gasteiger charge is 2.21. The Morgan fingerprint density at radius 3 is 2.95 bits per heavy atom. The zero-order chi connectivity index (χ0) is 15.0. The number of hydrogen-bond acceptors (Lipinski definition) is 5. The smallest absolute Gasteiger partial charge is 0.273 e. The van der Waals surface area contributed by atoms with Gasteiger partial charge in [0.1, 0.15) is 0 Å². The van der Waals surface area contributed by atoms with E-state index in [-0.39, 0.29) is 11.6 Å². The topological polar surface area (TPSA) is 85.1 Å². The first kappa shape index (κ1) is 13.7. The average molecular weight is 303 g/mol. The molecule has 0 fully saturated rings. The van der Waals surface area contributed by atoms with Gasteiger partial charge >= 0.3 is 0 Å². The molecule has 1 aliphatic carbocycles. The minimum absolute atomic E-state index is 0.0516. The van der Waals surface area contributed by atoms with E-state index < -0.39 is 4.92 Å². The van der Waals surface area contributed by atoms with Crippen LogP contribution in [0.4, 0.5) is 10.8 Å². The number of nitro benzene ring substituents is 1. The number of carbonyl (C=O) groups excluding carboxylic acids is 1. The number of nitrogens with one attached hydrogen (secondary N) is 1. The van der Waals surface area contributed by atoms with Gasteiger partial charge in [0.25, 0.3) is 11.6 Å². The third-order valence-electron chi connectivity index (χ3n) is 3.56. The van der Waals surface area contributed by atoms with Crippen LogP contribution in [0.1, 0.15) is 32.9 Å². The fraction of sp³-hybridized carbons (Fsp3) is 0.286. The largest absolute Gasteiger partial charge is 0.298 e. The summed E-state index contributed by atoms with van der Waals surface area (Å²) in [6, 6.07) is 4.49. The maximum Gasteiger partial charge on any atom is 0.273 e. The molecule has 0 saturated carbocycles. The molecule has 1 heterocycles. The normalized spacial score (nSPS) is 13.0. The number of rotatable bonds is 3. The number of nitrogens with zero attached hydrogens (tertiary/aromatic N) is 2. The molecule has 6 nitrogen and oxygen atoms in total. The Balaban J connectivity index is 1.85. The van der Waals surface area contributed by atoms with Crippen molar-refractivity contribution in [3.8, 4) is 0 Å². The average Bonchev–Trinajstić information content (AvgIpc) is 2.99. The number of thiazole rings is 1. The van der Waals surface area contributed by atoms with Crippen LogP contribution in [0.15, 0.2) is 18.2 Å². The van der Waals surface area contributed by atoms with Gasteiger partial charge in [-0.15, -0.1) is 11.3 Å². The van der Waals surface area contributed by atoms with Crippen molar-refractivity contribution in [3.05, 3.63) is 50.0 Å². The number of carbonyl (C=O) groups is 1. The number of benzene rings is 1. The second-order valence-corrected chi connectivity index (χ2v) is 5.99. The van der Waals surface area contributed by atoms with E-state index >= 15 is 0 Å². The number of anilines is 1. The van der Waals surface area contributed by atoms with E-state index in [1.54, 1.807) is 13.0 Å². The van der Waals surface area contributed by atoms with Crippen LogP contribution < -0.4 is 5.32 Å². The molecule has 1 aromatic heterocycles. The van der Waals surface area contributed by atoms with E-state index in [1.165, 1.54) is 28.3 Å². The molecule has 1 N–H and O–H groups in total. The molecule has 0 radical (unpaired) electrons. The molecule has 1 aromatic carbocycles. The van der Waals surface area contributed by atoms with Crippen LogP contribution in [0.3, 0.4) is 0 Å². The molecule has 21 heavy (non-hydrogen) atoms. The number of amides is 1. The van der Waals surface area contributed by atoms with Crippen LogP contribution >= 0.6 is 11.3 Å². The Kier molecular flexibility index (Phi) is 3.42. The van der Waals surface area contributed by atoms with Crippen molar-refractivity contribution in [2.45, 2.75) is 26.2 Å². The van der Waals surface area contributed by atoms with E-state index in [1.807, 2.05) is 0 Å². The minimum atomic E-state index is -0.482. The van der Waals surface area contributed by atoms with E-state index in [0.29, 0.717) is 16.3 Å². The molecule has 0 bridgehead atoms. The lowest BCUT2D eigenvalue weighted by Crippen LogP contribution is -2.14. The summed E-state index contributed by atoms with van der Waals surface area (Å²) in [6.45, 7) is 1.58. The number of nitro groups is 1. The predicted molar refractivity (Wildman–Crippen MR) is 79.9 cm³/mol. The number of fused-ring (bicyclic) bond motifs is 1. The number of aryl methyl sites for hydroxylation is 2. The van der Waals surface area contributed by atoms with Crippen LogP contribution in [0, 0.1) is 17.0 Å². The van der Waals surface area contributed by atoms with E-state index in [4.69, 9.17) is 0 Å². The van der Waals surface area contributed by atoms with E-state index in [0.717, 1.165) is 25.0 Å². The zero-order valence-corrected chi connectivity index (χ0v) is 12.2. The molecular weight excluding hydrogens is 290 g/mol. The second kappa shape index (κ2) is 5.25. The van der Waals surface area contributed by atoms with Crippen molar-refractivity contribution in [1.29, 1.82) is 0 Å². The van der Waals surface area contributed by atoms with Crippen LogP contribution in [0.5, 0.6) is 0 Å². The lowest BCUT2D eigenvalue weighted by Gasteiger charge is -2.05. The summed E-state index contributed by atoms with van der Waals surface area (Å²) in [5.74, 6) is -0.358. The Morgan fingerprint density at radius 2 is 2.24 bits per heavy atom. The van der Waals surface area contributed by atoms with Crippen LogP contribution in [-0.2, 0) is 12.8 Å². The molecule has 1 amide bonds. The first-order chi connectivity index (χ1) is 10.1. The molecule has 2 aromatic rings. The van der Waals surface area contributed by atoms with Gasteiger partial charge in [0.15, 0.2) is 5.13 Å². The Morgan fingerprint density at radius 1 is 1.43 bits per heavy atom. The maximum absolute atomic E-state index is 12.3. The standard InChI is InChI=1S/C14H13N3O3S/c1-8-9(4-2-6-11(8)17(19)20)13(18)16-14-15-10-5-3-7-12(10)21-14/h2,4,6H,3,5,7H2,1H3,(H,15,16,18). The second-order valence-electron chi connectivity index (χ2n) is 4.90. The summed E-state index contributed by atoms with van der Waals surface area (Å²) in [5.41, 5.74) is 1.68. The van der Waals surface area contributed by atoms with Gasteiger partial charge in [0, 0.05) is 22.1 Å². The fourth-order valence-corrected chi connectivity index (χ4v) is 3.52. The van der Waals surface area contributed by atoms with Crippen molar-refractivity contribution < 1.29 is 9.72 Å². The highest BCUT2D eigenvalue weighted by molar-refractivity contribution is 7.16. The molecule has 0 aliphatic heterocycles. The zero-order valence-electron chi connectivity index (χ0n) is 11.4. The van der Waals surface area contributed by atoms with Gasteiger partial charge in [-0.1, -0.05) is 6.07 Å². The molecule has 108 valence electrons. The maximum atomic E-state index is 12.3. The minimum Gasteiger partial charge on any atom is -0.298 e. The third-order valence-corrected chi connectivity index (χ3v) is 4.64. The Bertz CT molecular complexity index is 718. The molecule has 7 heteroatoms. The summed E-state index contributed by atoms with van der Waals surface area (Å²) in [7, 11) is 0. The van der Waals surface area contributed by atoms with E-state index in [9.17, 15) is 14.9 Å². The molecule has 3 rings (SSSR count). The summed E-state index contributed by atoms with van der Waals surface area (Å²) < 4.78 is 0. The van der Waals surface area contributed by atoms with Crippen molar-refractivity contribution in [3.63, 3.8) is 0 Å². The molecule has 0 atom stereocenters. The monoisotopic (exact) mass is 303 g/mol. The fourth-order valence-electron chi connectivity index (χ4n) is 2.48. The van der Waals surface area contributed by atoms with Gasteiger partial charge in [-0.05, 0) is 32.3 Å². The number of hydrogen-bond donors (Lipinski definition) is 1. The van der Waals surface area contributed by atoms with Crippen molar-refractivity contribution in [1.82, 2.24) is 4.98 Å². The summed E-state index contributed by atoms with van der Waals surface area (Å²) in [5, 5.41) is 14.2. The quantitative estimate of drug-likeness (QED) is 0.697. The van der Waals surface area contributed by atoms with Crippen molar-refractivity contribution >= 4 is 28.1 Å². The lowest BCUT2D eigenvalue weighted by atomic mass is 10.1. The molecule has 1 aliphatic rings. The first-order valence-corrected chi connectivity index (χ1v) is 7.42. The predicted octanol–water partition coefficient (Wildman–Crippen LogP) is 3.10. The van der Waals surface area contributed by atoms with Gasteiger partial charge in [-0.2, -0.15) is 0 Å². The molecule has 0 spiro atoms. The van der Waals surface area contributed by atoms with Gasteiger partial charge in [0.2, 0.25) is 0 Å². The van der Waals surface area contributed by atoms with Crippen molar-refractivity contribution in [2.24, 2.45) is 0 Å². The van der Waals surface area contributed by atoms with E-state index in [2.05, 4.69) is 10.3 Å². The first-order valence-electron chi connectivity index (χ1n) is 6.60. The highest BCUT2D eigenvalue weighted by atomic mass is 32.1. The summed E-state index contributed by atoms with van der Waals surface area (Å²) >= 11 is 1.48. The van der Waals surface area contributed by atoms with Crippen LogP contribution in [0.25, 0.3) is 0 Å². The molecule has 0 unspecified atom stereocenters. The number of aromatic nitrogens is 1.